The lowest BCUT2D eigenvalue weighted by atomic mass is 9.91. The number of aromatic nitrogens is 2. The molecule has 25 heavy (non-hydrogen) atoms. The van der Waals surface area contributed by atoms with Crippen LogP contribution in [0.5, 0.6) is 0 Å². The number of fused-ring (bicyclic) bond motifs is 1. The van der Waals surface area contributed by atoms with Gasteiger partial charge in [0.25, 0.3) is 0 Å². The molecule has 1 fully saturated rings. The minimum atomic E-state index is -0.0112. The number of nitrogens with zero attached hydrogens (tertiary/aromatic N) is 4. The first kappa shape index (κ1) is 16.3. The van der Waals surface area contributed by atoms with Gasteiger partial charge in [-0.25, -0.2) is 0 Å². The van der Waals surface area contributed by atoms with Crippen molar-refractivity contribution in [3.05, 3.63) is 46.8 Å². The minimum Gasteiger partial charge on any atom is -0.308 e. The minimum absolute atomic E-state index is 0.0112. The molecule has 0 aliphatic carbocycles. The number of hydrogen-bond acceptors (Lipinski definition) is 3. The molecule has 0 radical (unpaired) electrons. The van der Waals surface area contributed by atoms with E-state index in [1.54, 1.807) is 10.9 Å². The van der Waals surface area contributed by atoms with Crippen molar-refractivity contribution in [2.45, 2.75) is 45.7 Å². The maximum absolute atomic E-state index is 13.1. The van der Waals surface area contributed by atoms with Gasteiger partial charge >= 0.3 is 0 Å². The van der Waals surface area contributed by atoms with Crippen LogP contribution in [0.2, 0.25) is 0 Å². The Balaban J connectivity index is 1.56. The van der Waals surface area contributed by atoms with Crippen molar-refractivity contribution in [1.82, 2.24) is 14.7 Å². The second kappa shape index (κ2) is 6.30. The number of benzene rings is 1. The van der Waals surface area contributed by atoms with Crippen LogP contribution < -0.4 is 4.90 Å². The Morgan fingerprint density at radius 2 is 2.04 bits per heavy atom. The average Bonchev–Trinajstić information content (AvgIpc) is 3.00. The van der Waals surface area contributed by atoms with Gasteiger partial charge in [0.15, 0.2) is 0 Å². The molecule has 132 valence electrons. The molecule has 1 unspecified atom stereocenters. The fraction of sp³-hybridized carbons (Fsp3) is 0.500. The SMILES string of the molecule is Cc1cc(C)c2c(c1)CN(C1CCCN(c3cnn(C)c3)C1=O)CC2. The number of rotatable bonds is 2. The summed E-state index contributed by atoms with van der Waals surface area (Å²) in [6.07, 6.45) is 6.76. The van der Waals surface area contributed by atoms with Crippen LogP contribution in [0.4, 0.5) is 5.69 Å². The summed E-state index contributed by atoms with van der Waals surface area (Å²) in [5.74, 6) is 0.229. The molecule has 2 aromatic rings. The van der Waals surface area contributed by atoms with Crippen molar-refractivity contribution >= 4 is 11.6 Å². The highest BCUT2D eigenvalue weighted by Gasteiger charge is 2.35. The van der Waals surface area contributed by atoms with Gasteiger partial charge in [-0.1, -0.05) is 17.7 Å². The summed E-state index contributed by atoms with van der Waals surface area (Å²) >= 11 is 0. The van der Waals surface area contributed by atoms with E-state index in [0.29, 0.717) is 0 Å². The van der Waals surface area contributed by atoms with E-state index in [4.69, 9.17) is 0 Å². The van der Waals surface area contributed by atoms with Crippen molar-refractivity contribution in [3.63, 3.8) is 0 Å². The number of hydrogen-bond donors (Lipinski definition) is 0. The Kier molecular flexibility index (Phi) is 4.12. The Morgan fingerprint density at radius 3 is 2.80 bits per heavy atom. The number of amides is 1. The van der Waals surface area contributed by atoms with Crippen LogP contribution in [-0.4, -0.2) is 39.7 Å². The smallest absolute Gasteiger partial charge is 0.244 e. The van der Waals surface area contributed by atoms with E-state index in [1.165, 1.54) is 22.3 Å². The zero-order valence-electron chi connectivity index (χ0n) is 15.3. The maximum atomic E-state index is 13.1. The molecule has 4 rings (SSSR count). The summed E-state index contributed by atoms with van der Waals surface area (Å²) in [5, 5.41) is 4.22. The Labute approximate surface area is 149 Å². The zero-order valence-corrected chi connectivity index (χ0v) is 15.3. The van der Waals surface area contributed by atoms with E-state index in [2.05, 4.69) is 36.0 Å². The molecular formula is C20H26N4O. The summed E-state index contributed by atoms with van der Waals surface area (Å²) < 4.78 is 1.76. The summed E-state index contributed by atoms with van der Waals surface area (Å²) in [6.45, 7) is 7.01. The van der Waals surface area contributed by atoms with E-state index >= 15 is 0 Å². The van der Waals surface area contributed by atoms with E-state index in [0.717, 1.165) is 44.6 Å². The van der Waals surface area contributed by atoms with Gasteiger partial charge in [0.1, 0.15) is 0 Å². The standard InChI is InChI=1S/C20H26N4O/c1-14-9-15(2)18-6-8-23(12-16(18)10-14)19-5-4-7-24(20(19)25)17-11-21-22(3)13-17/h9-11,13,19H,4-8,12H2,1-3H3. The molecule has 5 heteroatoms. The number of anilines is 1. The third-order valence-electron chi connectivity index (χ3n) is 5.59. The van der Waals surface area contributed by atoms with Crippen molar-refractivity contribution in [3.8, 4) is 0 Å². The second-order valence-electron chi connectivity index (χ2n) is 7.46. The topological polar surface area (TPSA) is 41.4 Å². The third kappa shape index (κ3) is 2.97. The van der Waals surface area contributed by atoms with Gasteiger partial charge in [-0.05, 0) is 49.8 Å². The Hall–Kier alpha value is -2.14. The molecule has 5 nitrogen and oxygen atoms in total. The lowest BCUT2D eigenvalue weighted by molar-refractivity contribution is -0.125. The quantitative estimate of drug-likeness (QED) is 0.845. The summed E-state index contributed by atoms with van der Waals surface area (Å²) in [4.78, 5) is 17.4. The first-order valence-electron chi connectivity index (χ1n) is 9.16. The van der Waals surface area contributed by atoms with Crippen LogP contribution in [-0.2, 0) is 24.8 Å². The van der Waals surface area contributed by atoms with Gasteiger partial charge in [0.05, 0.1) is 17.9 Å². The lowest BCUT2D eigenvalue weighted by Crippen LogP contribution is -2.53. The molecule has 1 atom stereocenters. The van der Waals surface area contributed by atoms with Gasteiger partial charge in [-0.2, -0.15) is 5.10 Å². The number of carbonyl (C=O) groups is 1. The summed E-state index contributed by atoms with van der Waals surface area (Å²) in [6, 6.07) is 4.55. The van der Waals surface area contributed by atoms with Gasteiger partial charge in [0.2, 0.25) is 5.91 Å². The molecule has 0 bridgehead atoms. The van der Waals surface area contributed by atoms with Crippen LogP contribution in [0.3, 0.4) is 0 Å². The molecular weight excluding hydrogens is 312 g/mol. The number of piperidine rings is 1. The zero-order chi connectivity index (χ0) is 17.6. The van der Waals surface area contributed by atoms with Crippen LogP contribution in [0, 0.1) is 13.8 Å². The third-order valence-corrected chi connectivity index (χ3v) is 5.59. The fourth-order valence-corrected chi connectivity index (χ4v) is 4.40. The molecule has 1 aromatic heterocycles. The van der Waals surface area contributed by atoms with Crippen molar-refractivity contribution in [2.24, 2.45) is 7.05 Å². The number of aryl methyl sites for hydroxylation is 3. The molecule has 1 aromatic carbocycles. The average molecular weight is 338 g/mol. The first-order valence-corrected chi connectivity index (χ1v) is 9.16. The Morgan fingerprint density at radius 1 is 1.20 bits per heavy atom. The fourth-order valence-electron chi connectivity index (χ4n) is 4.40. The van der Waals surface area contributed by atoms with E-state index in [9.17, 15) is 4.79 Å². The lowest BCUT2D eigenvalue weighted by Gasteiger charge is -2.40. The normalized spacial score (nSPS) is 21.5. The molecule has 0 spiro atoms. The van der Waals surface area contributed by atoms with Crippen molar-refractivity contribution < 1.29 is 4.79 Å². The summed E-state index contributed by atoms with van der Waals surface area (Å²) in [7, 11) is 1.89. The molecule has 3 heterocycles. The highest BCUT2D eigenvalue weighted by molar-refractivity contribution is 5.97. The molecule has 0 saturated carbocycles. The Bertz CT molecular complexity index is 810. The van der Waals surface area contributed by atoms with Crippen LogP contribution in [0.25, 0.3) is 0 Å². The van der Waals surface area contributed by atoms with Gasteiger partial charge in [0, 0.05) is 32.9 Å². The van der Waals surface area contributed by atoms with Crippen LogP contribution in [0.1, 0.15) is 35.1 Å². The van der Waals surface area contributed by atoms with Gasteiger partial charge in [-0.15, -0.1) is 0 Å². The monoisotopic (exact) mass is 338 g/mol. The predicted molar refractivity (Wildman–Crippen MR) is 98.6 cm³/mol. The van der Waals surface area contributed by atoms with Crippen LogP contribution >= 0.6 is 0 Å². The molecule has 2 aliphatic heterocycles. The van der Waals surface area contributed by atoms with E-state index in [-0.39, 0.29) is 11.9 Å². The van der Waals surface area contributed by atoms with Gasteiger partial charge < -0.3 is 4.90 Å². The van der Waals surface area contributed by atoms with Crippen molar-refractivity contribution in [1.29, 1.82) is 0 Å². The highest BCUT2D eigenvalue weighted by atomic mass is 16.2. The van der Waals surface area contributed by atoms with Gasteiger partial charge in [-0.3, -0.25) is 14.4 Å². The van der Waals surface area contributed by atoms with E-state index < -0.39 is 0 Å². The van der Waals surface area contributed by atoms with Crippen molar-refractivity contribution in [2.75, 3.05) is 18.0 Å². The predicted octanol–water partition coefficient (Wildman–Crippen LogP) is 2.59. The van der Waals surface area contributed by atoms with E-state index in [1.807, 2.05) is 18.1 Å². The van der Waals surface area contributed by atoms with Crippen LogP contribution in [0.15, 0.2) is 24.5 Å². The molecule has 0 N–H and O–H groups in total. The maximum Gasteiger partial charge on any atom is 0.244 e. The summed E-state index contributed by atoms with van der Waals surface area (Å²) in [5.41, 5.74) is 6.50. The molecule has 1 amide bonds. The first-order chi connectivity index (χ1) is 12.0. The second-order valence-corrected chi connectivity index (χ2v) is 7.46. The highest BCUT2D eigenvalue weighted by Crippen LogP contribution is 2.29. The molecule has 2 aliphatic rings. The number of carbonyl (C=O) groups excluding carboxylic acids is 1. The molecule has 1 saturated heterocycles. The largest absolute Gasteiger partial charge is 0.308 e.